The highest BCUT2D eigenvalue weighted by Gasteiger charge is 2.10. The zero-order valence-corrected chi connectivity index (χ0v) is 12.2. The van der Waals surface area contributed by atoms with Crippen molar-refractivity contribution in [2.75, 3.05) is 12.4 Å². The molecule has 0 amide bonds. The summed E-state index contributed by atoms with van der Waals surface area (Å²) in [5, 5.41) is 4.13. The SMILES string of the molecule is CNc1nc(C)ncc1Sc1cccc(Cl)c1Cl. The monoisotopic (exact) mass is 299 g/mol. The van der Waals surface area contributed by atoms with Gasteiger partial charge < -0.3 is 5.32 Å². The van der Waals surface area contributed by atoms with Gasteiger partial charge in [-0.3, -0.25) is 0 Å². The second-order valence-electron chi connectivity index (χ2n) is 3.53. The van der Waals surface area contributed by atoms with Crippen LogP contribution in [-0.2, 0) is 0 Å². The van der Waals surface area contributed by atoms with Crippen LogP contribution in [-0.4, -0.2) is 17.0 Å². The maximum Gasteiger partial charge on any atom is 0.143 e. The van der Waals surface area contributed by atoms with E-state index >= 15 is 0 Å². The number of aromatic nitrogens is 2. The van der Waals surface area contributed by atoms with Gasteiger partial charge in [-0.1, -0.05) is 41.0 Å². The molecule has 1 heterocycles. The van der Waals surface area contributed by atoms with Crippen LogP contribution in [0.1, 0.15) is 5.82 Å². The molecule has 6 heteroatoms. The van der Waals surface area contributed by atoms with Crippen molar-refractivity contribution in [1.82, 2.24) is 9.97 Å². The van der Waals surface area contributed by atoms with Crippen molar-refractivity contribution in [3.63, 3.8) is 0 Å². The van der Waals surface area contributed by atoms with Gasteiger partial charge in [0.05, 0.1) is 14.9 Å². The second kappa shape index (κ2) is 5.78. The molecular weight excluding hydrogens is 289 g/mol. The predicted octanol–water partition coefficient (Wildman–Crippen LogP) is 4.28. The van der Waals surface area contributed by atoms with E-state index in [9.17, 15) is 0 Å². The molecule has 0 bridgehead atoms. The average molecular weight is 300 g/mol. The number of hydrogen-bond acceptors (Lipinski definition) is 4. The van der Waals surface area contributed by atoms with E-state index < -0.39 is 0 Å². The Kier molecular flexibility index (Phi) is 4.32. The van der Waals surface area contributed by atoms with Gasteiger partial charge in [0.2, 0.25) is 0 Å². The van der Waals surface area contributed by atoms with Crippen molar-refractivity contribution in [2.24, 2.45) is 0 Å². The van der Waals surface area contributed by atoms with E-state index in [1.807, 2.05) is 26.1 Å². The Labute approximate surface area is 120 Å². The van der Waals surface area contributed by atoms with Crippen molar-refractivity contribution >= 4 is 40.8 Å². The summed E-state index contributed by atoms with van der Waals surface area (Å²) in [7, 11) is 1.82. The van der Waals surface area contributed by atoms with Gasteiger partial charge in [0, 0.05) is 18.1 Å². The van der Waals surface area contributed by atoms with Crippen molar-refractivity contribution in [2.45, 2.75) is 16.7 Å². The molecule has 1 aromatic heterocycles. The number of nitrogens with one attached hydrogen (secondary N) is 1. The van der Waals surface area contributed by atoms with E-state index in [0.717, 1.165) is 21.4 Å². The highest BCUT2D eigenvalue weighted by molar-refractivity contribution is 7.99. The molecule has 0 aliphatic rings. The lowest BCUT2D eigenvalue weighted by atomic mass is 10.4. The lowest BCUT2D eigenvalue weighted by Gasteiger charge is -2.09. The fourth-order valence-corrected chi connectivity index (χ4v) is 2.80. The van der Waals surface area contributed by atoms with Crippen LogP contribution >= 0.6 is 35.0 Å². The Morgan fingerprint density at radius 1 is 1.22 bits per heavy atom. The van der Waals surface area contributed by atoms with Crippen LogP contribution in [0.4, 0.5) is 5.82 Å². The van der Waals surface area contributed by atoms with Gasteiger partial charge in [0.25, 0.3) is 0 Å². The van der Waals surface area contributed by atoms with Gasteiger partial charge in [0.1, 0.15) is 11.6 Å². The number of nitrogens with zero attached hydrogens (tertiary/aromatic N) is 2. The highest BCUT2D eigenvalue weighted by atomic mass is 35.5. The first kappa shape index (κ1) is 13.5. The van der Waals surface area contributed by atoms with Gasteiger partial charge >= 0.3 is 0 Å². The molecule has 0 aliphatic heterocycles. The third-order valence-corrected chi connectivity index (χ3v) is 4.26. The molecule has 0 saturated carbocycles. The summed E-state index contributed by atoms with van der Waals surface area (Å²) in [6.45, 7) is 1.85. The van der Waals surface area contributed by atoms with E-state index in [-0.39, 0.29) is 0 Å². The highest BCUT2D eigenvalue weighted by Crippen LogP contribution is 2.38. The van der Waals surface area contributed by atoms with E-state index in [1.54, 1.807) is 12.3 Å². The molecule has 0 atom stereocenters. The molecule has 0 radical (unpaired) electrons. The summed E-state index contributed by atoms with van der Waals surface area (Å²) in [4.78, 5) is 10.3. The largest absolute Gasteiger partial charge is 0.372 e. The minimum Gasteiger partial charge on any atom is -0.372 e. The lowest BCUT2D eigenvalue weighted by Crippen LogP contribution is -1.98. The quantitative estimate of drug-likeness (QED) is 0.918. The van der Waals surface area contributed by atoms with E-state index in [1.165, 1.54) is 11.8 Å². The Morgan fingerprint density at radius 3 is 2.72 bits per heavy atom. The van der Waals surface area contributed by atoms with Gasteiger partial charge in [-0.2, -0.15) is 0 Å². The summed E-state index contributed by atoms with van der Waals surface area (Å²) in [6, 6.07) is 5.54. The number of benzene rings is 1. The molecule has 0 unspecified atom stereocenters. The Hall–Kier alpha value is -0.970. The van der Waals surface area contributed by atoms with Crippen LogP contribution < -0.4 is 5.32 Å². The van der Waals surface area contributed by atoms with E-state index in [2.05, 4.69) is 15.3 Å². The molecule has 2 aromatic rings. The maximum atomic E-state index is 6.16. The fourth-order valence-electron chi connectivity index (χ4n) is 1.39. The first-order chi connectivity index (χ1) is 8.61. The molecular formula is C12H11Cl2N3S. The molecule has 0 spiro atoms. The zero-order valence-electron chi connectivity index (χ0n) is 9.87. The van der Waals surface area contributed by atoms with Crippen molar-refractivity contribution in [3.05, 3.63) is 40.3 Å². The second-order valence-corrected chi connectivity index (χ2v) is 5.40. The number of hydrogen-bond donors (Lipinski definition) is 1. The summed E-state index contributed by atoms with van der Waals surface area (Å²) < 4.78 is 0. The van der Waals surface area contributed by atoms with Crippen molar-refractivity contribution < 1.29 is 0 Å². The number of rotatable bonds is 3. The van der Waals surface area contributed by atoms with Gasteiger partial charge in [0.15, 0.2) is 0 Å². The molecule has 1 N–H and O–H groups in total. The number of halogens is 2. The third kappa shape index (κ3) is 2.88. The Morgan fingerprint density at radius 2 is 2.00 bits per heavy atom. The Bertz CT molecular complexity index is 575. The van der Waals surface area contributed by atoms with Gasteiger partial charge in [-0.15, -0.1) is 0 Å². The lowest BCUT2D eigenvalue weighted by molar-refractivity contribution is 1.01. The van der Waals surface area contributed by atoms with E-state index in [0.29, 0.717) is 10.0 Å². The predicted molar refractivity (Wildman–Crippen MR) is 76.9 cm³/mol. The Balaban J connectivity index is 2.37. The maximum absolute atomic E-state index is 6.16. The number of aryl methyl sites for hydroxylation is 1. The van der Waals surface area contributed by atoms with Crippen LogP contribution in [0, 0.1) is 6.92 Å². The molecule has 2 rings (SSSR count). The van der Waals surface area contributed by atoms with Gasteiger partial charge in [-0.25, -0.2) is 9.97 Å². The number of anilines is 1. The molecule has 1 aromatic carbocycles. The molecule has 0 aliphatic carbocycles. The molecule has 3 nitrogen and oxygen atoms in total. The van der Waals surface area contributed by atoms with Crippen LogP contribution in [0.3, 0.4) is 0 Å². The third-order valence-electron chi connectivity index (χ3n) is 2.25. The van der Waals surface area contributed by atoms with Crippen LogP contribution in [0.5, 0.6) is 0 Å². The van der Waals surface area contributed by atoms with Crippen LogP contribution in [0.2, 0.25) is 10.0 Å². The summed E-state index contributed by atoms with van der Waals surface area (Å²) >= 11 is 13.6. The zero-order chi connectivity index (χ0) is 13.1. The topological polar surface area (TPSA) is 37.8 Å². The van der Waals surface area contributed by atoms with E-state index in [4.69, 9.17) is 23.2 Å². The molecule has 18 heavy (non-hydrogen) atoms. The average Bonchev–Trinajstić information content (AvgIpc) is 2.37. The summed E-state index contributed by atoms with van der Waals surface area (Å²) in [5.74, 6) is 1.50. The minimum atomic E-state index is 0.542. The first-order valence-corrected chi connectivity index (χ1v) is 6.82. The normalized spacial score (nSPS) is 10.4. The van der Waals surface area contributed by atoms with Gasteiger partial charge in [-0.05, 0) is 19.1 Å². The smallest absolute Gasteiger partial charge is 0.143 e. The fraction of sp³-hybridized carbons (Fsp3) is 0.167. The standard InChI is InChI=1S/C12H11Cl2N3S/c1-7-16-6-10(12(15-2)17-7)18-9-5-3-4-8(13)11(9)14/h3-6H,1-2H3,(H,15,16,17). The summed E-state index contributed by atoms with van der Waals surface area (Å²) in [5.41, 5.74) is 0. The van der Waals surface area contributed by atoms with Crippen molar-refractivity contribution in [3.8, 4) is 0 Å². The minimum absolute atomic E-state index is 0.542. The van der Waals surface area contributed by atoms with Crippen LogP contribution in [0.15, 0.2) is 34.2 Å². The molecule has 0 fully saturated rings. The van der Waals surface area contributed by atoms with Crippen molar-refractivity contribution in [1.29, 1.82) is 0 Å². The summed E-state index contributed by atoms with van der Waals surface area (Å²) in [6.07, 6.45) is 1.77. The first-order valence-electron chi connectivity index (χ1n) is 5.25. The molecule has 94 valence electrons. The van der Waals surface area contributed by atoms with Crippen LogP contribution in [0.25, 0.3) is 0 Å². The molecule has 0 saturated heterocycles.